The van der Waals surface area contributed by atoms with Crippen LogP contribution in [0.2, 0.25) is 0 Å². The summed E-state index contributed by atoms with van der Waals surface area (Å²) in [4.78, 5) is 11.7. The SMILES string of the molecule is [B]Cc1ccc(C(=O)OC(C(F)(F)F)C(F)(F)S(=O)(=O)O)cc1OC. The third-order valence-electron chi connectivity index (χ3n) is 2.91. The van der Waals surface area contributed by atoms with Crippen molar-refractivity contribution in [3.05, 3.63) is 29.3 Å². The number of carbonyl (C=O) groups is 1. The summed E-state index contributed by atoms with van der Waals surface area (Å²) in [5, 5.41) is -5.80. The van der Waals surface area contributed by atoms with Gasteiger partial charge in [-0.3, -0.25) is 4.55 Å². The molecule has 0 bridgehead atoms. The number of halogens is 5. The summed E-state index contributed by atoms with van der Waals surface area (Å²) in [6.07, 6.45) is -10.4. The third-order valence-corrected chi connectivity index (χ3v) is 3.82. The van der Waals surface area contributed by atoms with Crippen molar-refractivity contribution in [3.63, 3.8) is 0 Å². The van der Waals surface area contributed by atoms with E-state index in [1.807, 2.05) is 0 Å². The van der Waals surface area contributed by atoms with Gasteiger partial charge in [-0.1, -0.05) is 12.4 Å². The molecule has 1 unspecified atom stereocenters. The lowest BCUT2D eigenvalue weighted by atomic mass is 9.95. The van der Waals surface area contributed by atoms with Gasteiger partial charge in [-0.15, -0.1) is 0 Å². The Morgan fingerprint density at radius 1 is 1.28 bits per heavy atom. The van der Waals surface area contributed by atoms with E-state index in [0.29, 0.717) is 5.56 Å². The molecule has 0 saturated heterocycles. The number of carbonyl (C=O) groups excluding carboxylic acids is 1. The highest BCUT2D eigenvalue weighted by Gasteiger charge is 2.66. The van der Waals surface area contributed by atoms with Crippen molar-refractivity contribution in [2.24, 2.45) is 0 Å². The van der Waals surface area contributed by atoms with Crippen LogP contribution in [0.25, 0.3) is 0 Å². The number of alkyl halides is 5. The average Bonchev–Trinajstić information content (AvgIpc) is 2.49. The van der Waals surface area contributed by atoms with Crippen LogP contribution in [0.3, 0.4) is 0 Å². The molecule has 1 atom stereocenters. The van der Waals surface area contributed by atoms with Crippen LogP contribution in [-0.2, 0) is 21.2 Å². The van der Waals surface area contributed by atoms with Crippen LogP contribution in [-0.4, -0.2) is 51.4 Å². The zero-order valence-electron chi connectivity index (χ0n) is 12.4. The Morgan fingerprint density at radius 3 is 2.24 bits per heavy atom. The largest absolute Gasteiger partial charge is 0.496 e. The maximum atomic E-state index is 13.4. The Hall–Kier alpha value is -1.89. The zero-order valence-corrected chi connectivity index (χ0v) is 13.2. The molecular formula is C12H10BF5O6S. The van der Waals surface area contributed by atoms with Crippen LogP contribution in [0, 0.1) is 0 Å². The molecule has 1 rings (SSSR count). The quantitative estimate of drug-likeness (QED) is 0.347. The molecule has 1 aromatic carbocycles. The van der Waals surface area contributed by atoms with Gasteiger partial charge in [0.25, 0.3) is 6.10 Å². The minimum Gasteiger partial charge on any atom is -0.496 e. The van der Waals surface area contributed by atoms with Gasteiger partial charge in [-0.2, -0.15) is 30.4 Å². The highest BCUT2D eigenvalue weighted by Crippen LogP contribution is 2.38. The summed E-state index contributed by atoms with van der Waals surface area (Å²) in [7, 11) is 0.0101. The van der Waals surface area contributed by atoms with Gasteiger partial charge in [0.15, 0.2) is 0 Å². The monoisotopic (exact) mass is 388 g/mol. The molecule has 0 fully saturated rings. The second-order valence-corrected chi connectivity index (χ2v) is 6.09. The number of hydrogen-bond acceptors (Lipinski definition) is 5. The van der Waals surface area contributed by atoms with E-state index in [1.54, 1.807) is 0 Å². The first-order chi connectivity index (χ1) is 11.3. The molecule has 0 heterocycles. The first kappa shape index (κ1) is 21.2. The predicted octanol–water partition coefficient (Wildman–Crippen LogP) is 1.93. The van der Waals surface area contributed by atoms with Gasteiger partial charge in [0, 0.05) is 0 Å². The molecule has 0 saturated carbocycles. The summed E-state index contributed by atoms with van der Waals surface area (Å²) in [5.74, 6) is -1.94. The summed E-state index contributed by atoms with van der Waals surface area (Å²) in [6.45, 7) is 0. The molecule has 0 aromatic heterocycles. The number of benzene rings is 1. The summed E-state index contributed by atoms with van der Waals surface area (Å²) >= 11 is 0. The number of esters is 1. The van der Waals surface area contributed by atoms with E-state index >= 15 is 0 Å². The van der Waals surface area contributed by atoms with E-state index in [1.165, 1.54) is 6.07 Å². The van der Waals surface area contributed by atoms with Gasteiger partial charge in [0.1, 0.15) is 5.75 Å². The Kier molecular flexibility index (Phi) is 6.06. The first-order valence-electron chi connectivity index (χ1n) is 6.25. The first-order valence-corrected chi connectivity index (χ1v) is 7.69. The van der Waals surface area contributed by atoms with Crippen molar-refractivity contribution in [2.45, 2.75) is 23.9 Å². The Labute approximate surface area is 140 Å². The molecule has 0 aliphatic rings. The molecule has 1 N–H and O–H groups in total. The lowest BCUT2D eigenvalue weighted by Gasteiger charge is -2.26. The van der Waals surface area contributed by atoms with Crippen molar-refractivity contribution in [2.75, 3.05) is 7.11 Å². The fraction of sp³-hybridized carbons (Fsp3) is 0.417. The highest BCUT2D eigenvalue weighted by atomic mass is 32.2. The van der Waals surface area contributed by atoms with E-state index in [0.717, 1.165) is 19.2 Å². The van der Waals surface area contributed by atoms with Gasteiger partial charge in [0.2, 0.25) is 0 Å². The van der Waals surface area contributed by atoms with E-state index in [4.69, 9.17) is 17.1 Å². The second-order valence-electron chi connectivity index (χ2n) is 4.59. The zero-order chi connectivity index (χ0) is 19.6. The lowest BCUT2D eigenvalue weighted by Crippen LogP contribution is -2.52. The van der Waals surface area contributed by atoms with Gasteiger partial charge >= 0.3 is 27.5 Å². The molecule has 0 aliphatic carbocycles. The number of hydrogen-bond donors (Lipinski definition) is 1. The molecule has 6 nitrogen and oxygen atoms in total. The van der Waals surface area contributed by atoms with Crippen LogP contribution >= 0.6 is 0 Å². The maximum absolute atomic E-state index is 13.4. The lowest BCUT2D eigenvalue weighted by molar-refractivity contribution is -0.248. The normalized spacial score (nSPS) is 14.0. The third kappa shape index (κ3) is 4.60. The minimum atomic E-state index is -6.51. The van der Waals surface area contributed by atoms with Gasteiger partial charge in [0.05, 0.1) is 20.5 Å². The van der Waals surface area contributed by atoms with Crippen molar-refractivity contribution in [3.8, 4) is 5.75 Å². The topological polar surface area (TPSA) is 89.9 Å². The van der Waals surface area contributed by atoms with Crippen molar-refractivity contribution >= 4 is 23.9 Å². The standard InChI is InChI=1S/C12H10BF5O6S/c1-23-8-4-6(2-3-7(8)5-13)9(19)24-10(11(14,15)16)12(17,18)25(20,21)22/h2-4,10H,5H2,1H3,(H,20,21,22). The summed E-state index contributed by atoms with van der Waals surface area (Å²) < 4.78 is 103. The highest BCUT2D eigenvalue weighted by molar-refractivity contribution is 7.86. The molecule has 138 valence electrons. The van der Waals surface area contributed by atoms with Crippen molar-refractivity contribution in [1.29, 1.82) is 0 Å². The second kappa shape index (κ2) is 7.16. The summed E-state index contributed by atoms with van der Waals surface area (Å²) in [5.41, 5.74) is -0.274. The Bertz CT molecular complexity index is 749. The van der Waals surface area contributed by atoms with Crippen LogP contribution in [0.4, 0.5) is 22.0 Å². The van der Waals surface area contributed by atoms with Crippen LogP contribution in [0.15, 0.2) is 18.2 Å². The van der Waals surface area contributed by atoms with Gasteiger partial charge in [-0.25, -0.2) is 4.79 Å². The van der Waals surface area contributed by atoms with Crippen LogP contribution in [0.5, 0.6) is 5.75 Å². The number of ether oxygens (including phenoxy) is 2. The maximum Gasteiger partial charge on any atom is 0.432 e. The molecule has 1 aromatic rings. The molecule has 13 heteroatoms. The molecule has 0 amide bonds. The molecule has 0 spiro atoms. The van der Waals surface area contributed by atoms with Crippen LogP contribution in [0.1, 0.15) is 15.9 Å². The Balaban J connectivity index is 3.25. The average molecular weight is 388 g/mol. The van der Waals surface area contributed by atoms with Gasteiger partial charge in [-0.05, 0) is 17.7 Å². The van der Waals surface area contributed by atoms with Crippen molar-refractivity contribution < 1.29 is 49.2 Å². The van der Waals surface area contributed by atoms with E-state index in [-0.39, 0.29) is 12.1 Å². The molecule has 2 radical (unpaired) electrons. The van der Waals surface area contributed by atoms with E-state index < -0.39 is 39.2 Å². The molecular weight excluding hydrogens is 378 g/mol. The number of methoxy groups -OCH3 is 1. The molecule has 25 heavy (non-hydrogen) atoms. The van der Waals surface area contributed by atoms with Crippen LogP contribution < -0.4 is 4.74 Å². The fourth-order valence-electron chi connectivity index (χ4n) is 1.68. The smallest absolute Gasteiger partial charge is 0.432 e. The molecule has 0 aliphatic heterocycles. The van der Waals surface area contributed by atoms with Gasteiger partial charge < -0.3 is 9.47 Å². The Morgan fingerprint density at radius 2 is 1.84 bits per heavy atom. The predicted molar refractivity (Wildman–Crippen MR) is 74.2 cm³/mol. The van der Waals surface area contributed by atoms with Crippen molar-refractivity contribution in [1.82, 2.24) is 0 Å². The van der Waals surface area contributed by atoms with E-state index in [9.17, 15) is 35.2 Å². The number of rotatable bonds is 6. The summed E-state index contributed by atoms with van der Waals surface area (Å²) in [6, 6.07) is 2.98. The fourth-order valence-corrected chi connectivity index (χ4v) is 2.13. The van der Waals surface area contributed by atoms with E-state index in [2.05, 4.69) is 4.74 Å². The minimum absolute atomic E-state index is 0.0259.